The van der Waals surface area contributed by atoms with Gasteiger partial charge in [-0.3, -0.25) is 4.79 Å². The quantitative estimate of drug-likeness (QED) is 0.430. The van der Waals surface area contributed by atoms with Gasteiger partial charge in [0, 0.05) is 13.0 Å². The summed E-state index contributed by atoms with van der Waals surface area (Å²) in [4.78, 5) is 16.4. The van der Waals surface area contributed by atoms with E-state index in [1.54, 1.807) is 29.2 Å². The van der Waals surface area contributed by atoms with Crippen LogP contribution in [-0.2, 0) is 14.8 Å². The van der Waals surface area contributed by atoms with Crippen molar-refractivity contribution < 1.29 is 13.2 Å². The second kappa shape index (κ2) is 9.29. The molecule has 1 heterocycles. The molecule has 0 radical (unpaired) electrons. The molecule has 0 spiro atoms. The first-order valence-corrected chi connectivity index (χ1v) is 11.6. The van der Waals surface area contributed by atoms with Crippen LogP contribution in [0.5, 0.6) is 0 Å². The van der Waals surface area contributed by atoms with Crippen LogP contribution in [0.2, 0.25) is 0 Å². The number of fused-ring (bicyclic) bond motifs is 1. The van der Waals surface area contributed by atoms with Crippen LogP contribution in [0.15, 0.2) is 84.3 Å². The molecular weight excluding hydrogens is 426 g/mol. The fourth-order valence-corrected chi connectivity index (χ4v) is 4.44. The predicted molar refractivity (Wildman–Crippen MR) is 122 cm³/mol. The van der Waals surface area contributed by atoms with E-state index in [4.69, 9.17) is 0 Å². The van der Waals surface area contributed by atoms with Crippen molar-refractivity contribution in [2.24, 2.45) is 0 Å². The number of nitrogens with one attached hydrogen (secondary N) is 2. The molecule has 1 unspecified atom stereocenters. The van der Waals surface area contributed by atoms with Crippen LogP contribution >= 0.6 is 0 Å². The fraction of sp³-hybridized carbons (Fsp3) is 0.174. The number of benzene rings is 3. The summed E-state index contributed by atoms with van der Waals surface area (Å²) in [5.74, 6) is -0.237. The Morgan fingerprint density at radius 3 is 2.50 bits per heavy atom. The molecule has 2 N–H and O–H groups in total. The Balaban J connectivity index is 1.30. The van der Waals surface area contributed by atoms with E-state index in [1.807, 2.05) is 55.5 Å². The third-order valence-corrected chi connectivity index (χ3v) is 6.59. The average Bonchev–Trinajstić information content (AvgIpc) is 3.33. The first-order valence-electron chi connectivity index (χ1n) is 10.2. The molecule has 0 aliphatic carbocycles. The Morgan fingerprint density at radius 2 is 1.78 bits per heavy atom. The summed E-state index contributed by atoms with van der Waals surface area (Å²) in [6.45, 7) is 1.89. The molecule has 3 aromatic carbocycles. The van der Waals surface area contributed by atoms with Crippen LogP contribution in [0, 0.1) is 0 Å². The molecule has 8 nitrogen and oxygen atoms in total. The van der Waals surface area contributed by atoms with E-state index in [2.05, 4.69) is 20.1 Å². The van der Waals surface area contributed by atoms with E-state index in [1.165, 1.54) is 6.33 Å². The van der Waals surface area contributed by atoms with Crippen molar-refractivity contribution in [2.75, 3.05) is 6.54 Å². The Morgan fingerprint density at radius 1 is 1.03 bits per heavy atom. The van der Waals surface area contributed by atoms with Crippen molar-refractivity contribution in [2.45, 2.75) is 24.3 Å². The van der Waals surface area contributed by atoms with Gasteiger partial charge in [0.15, 0.2) is 0 Å². The number of carbonyl (C=O) groups excluding carboxylic acids is 1. The number of nitrogens with zero attached hydrogens (tertiary/aromatic N) is 3. The zero-order valence-electron chi connectivity index (χ0n) is 17.5. The summed E-state index contributed by atoms with van der Waals surface area (Å²) in [5, 5.41) is 8.78. The average molecular weight is 450 g/mol. The van der Waals surface area contributed by atoms with Gasteiger partial charge in [-0.05, 0) is 47.5 Å². The van der Waals surface area contributed by atoms with Crippen LogP contribution in [0.3, 0.4) is 0 Å². The second-order valence-electron chi connectivity index (χ2n) is 7.38. The molecule has 0 aliphatic heterocycles. The highest BCUT2D eigenvalue weighted by Crippen LogP contribution is 2.19. The first kappa shape index (κ1) is 21.7. The van der Waals surface area contributed by atoms with Gasteiger partial charge in [0.2, 0.25) is 15.9 Å². The van der Waals surface area contributed by atoms with Crippen LogP contribution in [-0.4, -0.2) is 35.6 Å². The van der Waals surface area contributed by atoms with Gasteiger partial charge >= 0.3 is 0 Å². The molecule has 0 saturated heterocycles. The molecule has 0 bridgehead atoms. The Bertz CT molecular complexity index is 1320. The predicted octanol–water partition coefficient (Wildman–Crippen LogP) is 2.97. The minimum absolute atomic E-state index is 0.0128. The van der Waals surface area contributed by atoms with Crippen molar-refractivity contribution in [1.82, 2.24) is 24.8 Å². The Hall–Kier alpha value is -3.56. The lowest BCUT2D eigenvalue weighted by molar-refractivity contribution is -0.121. The highest BCUT2D eigenvalue weighted by molar-refractivity contribution is 7.89. The lowest BCUT2D eigenvalue weighted by Gasteiger charge is -2.15. The molecule has 4 aromatic rings. The largest absolute Gasteiger partial charge is 0.350 e. The zero-order valence-corrected chi connectivity index (χ0v) is 18.3. The normalized spacial score (nSPS) is 12.5. The smallest absolute Gasteiger partial charge is 0.240 e. The molecule has 0 aliphatic rings. The maximum Gasteiger partial charge on any atom is 0.240 e. The van der Waals surface area contributed by atoms with Gasteiger partial charge < -0.3 is 5.32 Å². The lowest BCUT2D eigenvalue weighted by atomic mass is 10.1. The summed E-state index contributed by atoms with van der Waals surface area (Å²) in [5.41, 5.74) is 1.80. The lowest BCUT2D eigenvalue weighted by Crippen LogP contribution is -2.32. The number of carbonyl (C=O) groups is 1. The van der Waals surface area contributed by atoms with Crippen LogP contribution < -0.4 is 10.0 Å². The molecule has 0 fully saturated rings. The maximum atomic E-state index is 12.6. The van der Waals surface area contributed by atoms with E-state index in [-0.39, 0.29) is 29.8 Å². The molecule has 4 rings (SSSR count). The molecule has 1 aromatic heterocycles. The van der Waals surface area contributed by atoms with Crippen molar-refractivity contribution in [3.05, 3.63) is 84.9 Å². The first-order chi connectivity index (χ1) is 15.4. The number of amides is 1. The van der Waals surface area contributed by atoms with Crippen molar-refractivity contribution in [3.63, 3.8) is 0 Å². The van der Waals surface area contributed by atoms with E-state index >= 15 is 0 Å². The molecule has 0 saturated carbocycles. The highest BCUT2D eigenvalue weighted by Gasteiger charge is 2.16. The van der Waals surface area contributed by atoms with E-state index in [0.29, 0.717) is 0 Å². The zero-order chi connectivity index (χ0) is 22.6. The summed E-state index contributed by atoms with van der Waals surface area (Å²) in [6.07, 6.45) is 3.11. The van der Waals surface area contributed by atoms with Gasteiger partial charge in [-0.15, -0.1) is 0 Å². The fourth-order valence-electron chi connectivity index (χ4n) is 3.37. The molecule has 1 atom stereocenters. The van der Waals surface area contributed by atoms with Gasteiger partial charge in [-0.25, -0.2) is 22.8 Å². The Kier molecular flexibility index (Phi) is 6.29. The SMILES string of the molecule is CC(NC(=O)CCNS(=O)(=O)c1ccc2ccccc2c1)c1ccc(-n2cncn2)cc1. The monoisotopic (exact) mass is 449 g/mol. The van der Waals surface area contributed by atoms with Crippen LogP contribution in [0.1, 0.15) is 24.9 Å². The maximum absolute atomic E-state index is 12.6. The summed E-state index contributed by atoms with van der Waals surface area (Å²) < 4.78 is 29.3. The van der Waals surface area contributed by atoms with Gasteiger partial charge in [-0.1, -0.05) is 42.5 Å². The molecule has 164 valence electrons. The third kappa shape index (κ3) is 5.01. The van der Waals surface area contributed by atoms with Crippen molar-refractivity contribution >= 4 is 26.7 Å². The number of sulfonamides is 1. The Labute approximate surface area is 186 Å². The number of hydrogen-bond donors (Lipinski definition) is 2. The summed E-state index contributed by atoms with van der Waals surface area (Å²) in [6, 6.07) is 19.9. The number of rotatable bonds is 8. The van der Waals surface area contributed by atoms with Gasteiger partial charge in [0.25, 0.3) is 0 Å². The van der Waals surface area contributed by atoms with E-state index < -0.39 is 10.0 Å². The third-order valence-electron chi connectivity index (χ3n) is 5.13. The van der Waals surface area contributed by atoms with Crippen molar-refractivity contribution in [3.8, 4) is 5.69 Å². The number of aromatic nitrogens is 3. The van der Waals surface area contributed by atoms with Crippen LogP contribution in [0.4, 0.5) is 0 Å². The highest BCUT2D eigenvalue weighted by atomic mass is 32.2. The van der Waals surface area contributed by atoms with E-state index in [0.717, 1.165) is 22.0 Å². The summed E-state index contributed by atoms with van der Waals surface area (Å²) in [7, 11) is -3.70. The van der Waals surface area contributed by atoms with E-state index in [9.17, 15) is 13.2 Å². The summed E-state index contributed by atoms with van der Waals surface area (Å²) >= 11 is 0. The standard InChI is InChI=1S/C23H23N5O3S/c1-17(18-6-9-21(10-7-18)28-16-24-15-25-28)27-23(29)12-13-26-32(30,31)22-11-8-19-4-2-3-5-20(19)14-22/h2-11,14-17,26H,12-13H2,1H3,(H,27,29). The molecule has 1 amide bonds. The molecule has 32 heavy (non-hydrogen) atoms. The van der Waals surface area contributed by atoms with Gasteiger partial charge in [0.1, 0.15) is 12.7 Å². The van der Waals surface area contributed by atoms with Gasteiger partial charge in [-0.2, -0.15) is 5.10 Å². The molecular formula is C23H23N5O3S. The molecule has 9 heteroatoms. The topological polar surface area (TPSA) is 106 Å². The van der Waals surface area contributed by atoms with Crippen molar-refractivity contribution in [1.29, 1.82) is 0 Å². The van der Waals surface area contributed by atoms with Crippen LogP contribution in [0.25, 0.3) is 16.5 Å². The van der Waals surface area contributed by atoms with Gasteiger partial charge in [0.05, 0.1) is 16.6 Å². The minimum Gasteiger partial charge on any atom is -0.350 e. The number of hydrogen-bond acceptors (Lipinski definition) is 5. The minimum atomic E-state index is -3.70. The second-order valence-corrected chi connectivity index (χ2v) is 9.14.